The fraction of sp³-hybridized carbons (Fsp3) is 0.875. The fourth-order valence-corrected chi connectivity index (χ4v) is 3.68. The highest BCUT2D eigenvalue weighted by atomic mass is 16.2. The molecule has 2 rings (SSSR count). The third kappa shape index (κ3) is 4.19. The second-order valence-electron chi connectivity index (χ2n) is 6.80. The molecule has 120 valence electrons. The first-order valence-corrected chi connectivity index (χ1v) is 8.17. The summed E-state index contributed by atoms with van der Waals surface area (Å²) in [6.07, 6.45) is 7.43. The van der Waals surface area contributed by atoms with Gasteiger partial charge in [0.2, 0.25) is 11.8 Å². The standard InChI is InChI=1S/C16H29N3O2/c1-17(2)15(20)11-18(3)12-16(21)19-10-6-8-13-7-4-5-9-14(13)19/h13-14H,4-12H2,1-3H3. The Kier molecular flexibility index (Phi) is 5.62. The van der Waals surface area contributed by atoms with Crippen LogP contribution in [0.3, 0.4) is 0 Å². The molecule has 1 aliphatic carbocycles. The van der Waals surface area contributed by atoms with Gasteiger partial charge in [-0.25, -0.2) is 0 Å². The highest BCUT2D eigenvalue weighted by molar-refractivity contribution is 5.81. The molecule has 0 aromatic heterocycles. The van der Waals surface area contributed by atoms with Crippen molar-refractivity contribution in [3.8, 4) is 0 Å². The van der Waals surface area contributed by atoms with Gasteiger partial charge in [-0.3, -0.25) is 14.5 Å². The van der Waals surface area contributed by atoms with E-state index in [1.165, 1.54) is 25.7 Å². The van der Waals surface area contributed by atoms with Crippen molar-refractivity contribution < 1.29 is 9.59 Å². The molecule has 1 saturated carbocycles. The first kappa shape index (κ1) is 16.3. The molecule has 1 saturated heterocycles. The van der Waals surface area contributed by atoms with E-state index in [2.05, 4.69) is 4.90 Å². The molecule has 5 nitrogen and oxygen atoms in total. The maximum Gasteiger partial charge on any atom is 0.237 e. The summed E-state index contributed by atoms with van der Waals surface area (Å²) in [4.78, 5) is 29.8. The van der Waals surface area contributed by atoms with E-state index in [0.29, 0.717) is 25.0 Å². The van der Waals surface area contributed by atoms with E-state index < -0.39 is 0 Å². The molecule has 2 unspecified atom stereocenters. The van der Waals surface area contributed by atoms with Crippen LogP contribution in [-0.2, 0) is 9.59 Å². The van der Waals surface area contributed by atoms with Crippen LogP contribution in [0.4, 0.5) is 0 Å². The molecule has 2 aliphatic rings. The monoisotopic (exact) mass is 295 g/mol. The quantitative estimate of drug-likeness (QED) is 0.782. The smallest absolute Gasteiger partial charge is 0.237 e. The Morgan fingerprint density at radius 2 is 1.67 bits per heavy atom. The van der Waals surface area contributed by atoms with Gasteiger partial charge in [0.1, 0.15) is 0 Å². The van der Waals surface area contributed by atoms with Crippen LogP contribution in [0.1, 0.15) is 38.5 Å². The number of carbonyl (C=O) groups excluding carboxylic acids is 2. The fourth-order valence-electron chi connectivity index (χ4n) is 3.68. The SMILES string of the molecule is CN(CC(=O)N(C)C)CC(=O)N1CCCC2CCCCC21. The third-order valence-electron chi connectivity index (χ3n) is 4.87. The van der Waals surface area contributed by atoms with Gasteiger partial charge in [-0.15, -0.1) is 0 Å². The molecule has 0 aromatic rings. The Morgan fingerprint density at radius 3 is 2.38 bits per heavy atom. The molecule has 1 aliphatic heterocycles. The summed E-state index contributed by atoms with van der Waals surface area (Å²) in [5, 5.41) is 0. The van der Waals surface area contributed by atoms with Gasteiger partial charge in [0.05, 0.1) is 13.1 Å². The van der Waals surface area contributed by atoms with Crippen LogP contribution in [0.15, 0.2) is 0 Å². The number of amides is 2. The van der Waals surface area contributed by atoms with Crippen molar-refractivity contribution in [1.82, 2.24) is 14.7 Å². The molecule has 1 heterocycles. The van der Waals surface area contributed by atoms with E-state index >= 15 is 0 Å². The summed E-state index contributed by atoms with van der Waals surface area (Å²) in [5.74, 6) is 0.949. The van der Waals surface area contributed by atoms with Crippen LogP contribution < -0.4 is 0 Å². The molecule has 0 spiro atoms. The summed E-state index contributed by atoms with van der Waals surface area (Å²) < 4.78 is 0. The van der Waals surface area contributed by atoms with Gasteiger partial charge in [-0.05, 0) is 38.6 Å². The second-order valence-corrected chi connectivity index (χ2v) is 6.80. The highest BCUT2D eigenvalue weighted by Crippen LogP contribution is 2.35. The van der Waals surface area contributed by atoms with Crippen LogP contribution in [0.25, 0.3) is 0 Å². The zero-order valence-corrected chi connectivity index (χ0v) is 13.7. The normalized spacial score (nSPS) is 25.6. The molecule has 2 amide bonds. The van der Waals surface area contributed by atoms with Crippen molar-refractivity contribution in [2.24, 2.45) is 5.92 Å². The molecule has 5 heteroatoms. The van der Waals surface area contributed by atoms with E-state index in [-0.39, 0.29) is 11.8 Å². The topological polar surface area (TPSA) is 43.9 Å². The lowest BCUT2D eigenvalue weighted by Gasteiger charge is -2.44. The molecule has 2 fully saturated rings. The Bertz CT molecular complexity index is 382. The molecule has 2 atom stereocenters. The number of rotatable bonds is 4. The van der Waals surface area contributed by atoms with Crippen LogP contribution in [0.5, 0.6) is 0 Å². The lowest BCUT2D eigenvalue weighted by Crippen LogP contribution is -2.52. The average Bonchev–Trinajstić information content (AvgIpc) is 2.46. The van der Waals surface area contributed by atoms with E-state index in [0.717, 1.165) is 19.4 Å². The predicted molar refractivity (Wildman–Crippen MR) is 82.9 cm³/mol. The van der Waals surface area contributed by atoms with Gasteiger partial charge in [0, 0.05) is 26.7 Å². The van der Waals surface area contributed by atoms with Crippen LogP contribution >= 0.6 is 0 Å². The Labute approximate surface area is 128 Å². The lowest BCUT2D eigenvalue weighted by molar-refractivity contribution is -0.139. The lowest BCUT2D eigenvalue weighted by atomic mass is 9.78. The van der Waals surface area contributed by atoms with Crippen molar-refractivity contribution in [3.63, 3.8) is 0 Å². The maximum atomic E-state index is 12.6. The van der Waals surface area contributed by atoms with Gasteiger partial charge in [0.25, 0.3) is 0 Å². The number of fused-ring (bicyclic) bond motifs is 1. The summed E-state index contributed by atoms with van der Waals surface area (Å²) in [6.45, 7) is 1.55. The first-order chi connectivity index (χ1) is 9.99. The Balaban J connectivity index is 1.88. The molecule has 21 heavy (non-hydrogen) atoms. The zero-order valence-electron chi connectivity index (χ0n) is 13.7. The first-order valence-electron chi connectivity index (χ1n) is 8.17. The van der Waals surface area contributed by atoms with Gasteiger partial charge >= 0.3 is 0 Å². The summed E-state index contributed by atoms with van der Waals surface area (Å²) in [5.41, 5.74) is 0. The zero-order chi connectivity index (χ0) is 15.4. The third-order valence-corrected chi connectivity index (χ3v) is 4.87. The van der Waals surface area contributed by atoms with Gasteiger partial charge in [0.15, 0.2) is 0 Å². The van der Waals surface area contributed by atoms with E-state index in [1.807, 2.05) is 11.9 Å². The number of likely N-dealkylation sites (tertiary alicyclic amines) is 1. The number of carbonyl (C=O) groups is 2. The van der Waals surface area contributed by atoms with Gasteiger partial charge in [-0.2, -0.15) is 0 Å². The predicted octanol–water partition coefficient (Wildman–Crippen LogP) is 1.19. The molecule has 0 bridgehead atoms. The summed E-state index contributed by atoms with van der Waals surface area (Å²) >= 11 is 0. The number of likely N-dealkylation sites (N-methyl/N-ethyl adjacent to an activating group) is 2. The Hall–Kier alpha value is -1.10. The largest absolute Gasteiger partial charge is 0.348 e. The molecular weight excluding hydrogens is 266 g/mol. The minimum atomic E-state index is 0.0412. The minimum Gasteiger partial charge on any atom is -0.348 e. The molecule has 0 N–H and O–H groups in total. The number of nitrogens with zero attached hydrogens (tertiary/aromatic N) is 3. The maximum absolute atomic E-state index is 12.6. The summed E-state index contributed by atoms with van der Waals surface area (Å²) in [7, 11) is 5.34. The minimum absolute atomic E-state index is 0.0412. The number of piperidine rings is 1. The van der Waals surface area contributed by atoms with Crippen LogP contribution in [0, 0.1) is 5.92 Å². The number of hydrogen-bond donors (Lipinski definition) is 0. The summed E-state index contributed by atoms with van der Waals surface area (Å²) in [6, 6.07) is 0.456. The second kappa shape index (κ2) is 7.25. The van der Waals surface area contributed by atoms with Crippen LogP contribution in [0.2, 0.25) is 0 Å². The van der Waals surface area contributed by atoms with Crippen LogP contribution in [-0.4, -0.2) is 73.3 Å². The van der Waals surface area contributed by atoms with Gasteiger partial charge < -0.3 is 9.80 Å². The van der Waals surface area contributed by atoms with Crippen molar-refractivity contribution in [3.05, 3.63) is 0 Å². The molecular formula is C16H29N3O2. The van der Waals surface area contributed by atoms with E-state index in [9.17, 15) is 9.59 Å². The van der Waals surface area contributed by atoms with Crippen molar-refractivity contribution >= 4 is 11.8 Å². The number of hydrogen-bond acceptors (Lipinski definition) is 3. The molecule has 0 radical (unpaired) electrons. The van der Waals surface area contributed by atoms with E-state index in [1.54, 1.807) is 19.0 Å². The van der Waals surface area contributed by atoms with Crippen molar-refractivity contribution in [2.75, 3.05) is 40.8 Å². The molecule has 0 aromatic carbocycles. The van der Waals surface area contributed by atoms with E-state index in [4.69, 9.17) is 0 Å². The van der Waals surface area contributed by atoms with Crippen molar-refractivity contribution in [1.29, 1.82) is 0 Å². The van der Waals surface area contributed by atoms with Crippen molar-refractivity contribution in [2.45, 2.75) is 44.6 Å². The Morgan fingerprint density at radius 1 is 1.00 bits per heavy atom. The van der Waals surface area contributed by atoms with Gasteiger partial charge in [-0.1, -0.05) is 12.8 Å². The highest BCUT2D eigenvalue weighted by Gasteiger charge is 2.35. The average molecular weight is 295 g/mol.